The van der Waals surface area contributed by atoms with Gasteiger partial charge < -0.3 is 20.5 Å². The molecule has 0 aliphatic rings. The van der Waals surface area contributed by atoms with Crippen molar-refractivity contribution in [2.24, 2.45) is 15.9 Å². The fourth-order valence-electron chi connectivity index (χ4n) is 2.78. The Morgan fingerprint density at radius 3 is 2.81 bits per heavy atom. The molecule has 31 heavy (non-hydrogen) atoms. The smallest absolute Gasteiger partial charge is 0.246 e. The summed E-state index contributed by atoms with van der Waals surface area (Å²) in [7, 11) is 1.56. The minimum absolute atomic E-state index is 0.0814. The molecule has 0 saturated heterocycles. The molecule has 160 valence electrons. The summed E-state index contributed by atoms with van der Waals surface area (Å²) in [5.74, 6) is 5.14. The van der Waals surface area contributed by atoms with Crippen molar-refractivity contribution in [2.75, 3.05) is 19.0 Å². The normalized spacial score (nSPS) is 11.7. The summed E-state index contributed by atoms with van der Waals surface area (Å²) in [5, 5.41) is 6.25. The van der Waals surface area contributed by atoms with Gasteiger partial charge in [0.1, 0.15) is 23.8 Å². The molecule has 2 aromatic carbocycles. The monoisotopic (exact) mass is 442 g/mol. The first-order valence-corrected chi connectivity index (χ1v) is 9.51. The second-order valence-electron chi connectivity index (χ2n) is 6.47. The van der Waals surface area contributed by atoms with Gasteiger partial charge in [-0.3, -0.25) is 9.79 Å². The number of amides is 1. The van der Waals surface area contributed by atoms with Crippen LogP contribution in [0.5, 0.6) is 5.75 Å². The van der Waals surface area contributed by atoms with Crippen LogP contribution in [0, 0.1) is 12.7 Å². The summed E-state index contributed by atoms with van der Waals surface area (Å²) in [6, 6.07) is 9.32. The molecule has 1 heterocycles. The summed E-state index contributed by atoms with van der Waals surface area (Å²) < 4.78 is 20.5. The molecule has 0 aliphatic heterocycles. The summed E-state index contributed by atoms with van der Waals surface area (Å²) in [5.41, 5.74) is 3.08. The van der Waals surface area contributed by atoms with Crippen LogP contribution >= 0.6 is 11.6 Å². The third-order valence-corrected chi connectivity index (χ3v) is 4.55. The van der Waals surface area contributed by atoms with Gasteiger partial charge in [-0.05, 0) is 37.3 Å². The standard InChI is InChI=1S/C21H20ClFN6O2/c1-13-11-29(12-26-13)19-6-3-14(7-20(19)31-2)18(28-24)9-25-10-21(30)27-15-4-5-17(23)16(22)8-15/h3-9,11-12H,10,24H2,1-2H3,(H,27,30)/b25-9?,28-18+. The van der Waals surface area contributed by atoms with Gasteiger partial charge in [-0.1, -0.05) is 17.7 Å². The number of aryl methyl sites for hydroxylation is 1. The highest BCUT2D eigenvalue weighted by molar-refractivity contribution is 6.38. The topological polar surface area (TPSA) is 107 Å². The fraction of sp³-hybridized carbons (Fsp3) is 0.143. The highest BCUT2D eigenvalue weighted by Gasteiger charge is 2.10. The molecule has 0 unspecified atom stereocenters. The molecule has 0 radical (unpaired) electrons. The van der Waals surface area contributed by atoms with Crippen molar-refractivity contribution >= 4 is 35.1 Å². The average molecular weight is 443 g/mol. The minimum atomic E-state index is -0.564. The van der Waals surface area contributed by atoms with Crippen LogP contribution in [0.2, 0.25) is 5.02 Å². The predicted octanol–water partition coefficient (Wildman–Crippen LogP) is 3.35. The Balaban J connectivity index is 1.69. The molecule has 0 bridgehead atoms. The number of imidazole rings is 1. The van der Waals surface area contributed by atoms with E-state index in [4.69, 9.17) is 22.2 Å². The summed E-state index contributed by atoms with van der Waals surface area (Å²) in [6.07, 6.45) is 4.97. The number of nitrogens with two attached hydrogens (primary N) is 1. The number of methoxy groups -OCH3 is 1. The Hall–Kier alpha value is -3.72. The van der Waals surface area contributed by atoms with Gasteiger partial charge in [0.15, 0.2) is 0 Å². The first kappa shape index (κ1) is 22.0. The number of anilines is 1. The number of aliphatic imine (C=N–C) groups is 1. The molecule has 3 N–H and O–H groups in total. The molecule has 1 aromatic heterocycles. The van der Waals surface area contributed by atoms with Gasteiger partial charge in [0.2, 0.25) is 5.91 Å². The second kappa shape index (κ2) is 9.86. The number of nitrogens with one attached hydrogen (secondary N) is 1. The molecular weight excluding hydrogens is 423 g/mol. The highest BCUT2D eigenvalue weighted by atomic mass is 35.5. The number of halogens is 2. The molecule has 3 rings (SSSR count). The van der Waals surface area contributed by atoms with E-state index in [1.165, 1.54) is 24.4 Å². The molecule has 0 spiro atoms. The molecule has 0 fully saturated rings. The van der Waals surface area contributed by atoms with Gasteiger partial charge in [0.25, 0.3) is 0 Å². The Labute approximate surface area is 183 Å². The number of carbonyl (C=O) groups excluding carboxylic acids is 1. The van der Waals surface area contributed by atoms with E-state index in [1.807, 2.05) is 29.8 Å². The Morgan fingerprint density at radius 2 is 2.16 bits per heavy atom. The quantitative estimate of drug-likeness (QED) is 0.332. The van der Waals surface area contributed by atoms with E-state index < -0.39 is 11.7 Å². The first-order valence-electron chi connectivity index (χ1n) is 9.13. The van der Waals surface area contributed by atoms with Crippen LogP contribution in [0.4, 0.5) is 10.1 Å². The molecule has 0 saturated carbocycles. The Bertz CT molecular complexity index is 1160. The second-order valence-corrected chi connectivity index (χ2v) is 6.88. The van der Waals surface area contributed by atoms with E-state index in [1.54, 1.807) is 19.5 Å². The zero-order valence-corrected chi connectivity index (χ0v) is 17.6. The Kier molecular flexibility index (Phi) is 6.99. The van der Waals surface area contributed by atoms with Crippen LogP contribution in [-0.2, 0) is 4.79 Å². The van der Waals surface area contributed by atoms with E-state index in [0.717, 1.165) is 11.4 Å². The Morgan fingerprint density at radius 1 is 1.35 bits per heavy atom. The summed E-state index contributed by atoms with van der Waals surface area (Å²) in [6.45, 7) is 1.71. The largest absolute Gasteiger partial charge is 0.495 e. The number of carbonyl (C=O) groups is 1. The molecule has 8 nitrogen and oxygen atoms in total. The van der Waals surface area contributed by atoms with Crippen molar-refractivity contribution in [3.05, 3.63) is 71.0 Å². The lowest BCUT2D eigenvalue weighted by molar-refractivity contribution is -0.114. The number of benzene rings is 2. The van der Waals surface area contributed by atoms with Gasteiger partial charge in [-0.15, -0.1) is 0 Å². The average Bonchev–Trinajstić information content (AvgIpc) is 3.19. The van der Waals surface area contributed by atoms with Crippen molar-refractivity contribution in [1.82, 2.24) is 9.55 Å². The van der Waals surface area contributed by atoms with E-state index in [-0.39, 0.29) is 11.6 Å². The third kappa shape index (κ3) is 5.46. The number of hydrogen-bond acceptors (Lipinski definition) is 6. The van der Waals surface area contributed by atoms with E-state index in [0.29, 0.717) is 22.7 Å². The molecule has 3 aromatic rings. The lowest BCUT2D eigenvalue weighted by Gasteiger charge is -2.11. The van der Waals surface area contributed by atoms with Gasteiger partial charge in [0.05, 0.1) is 29.8 Å². The van der Waals surface area contributed by atoms with Gasteiger partial charge in [0, 0.05) is 23.7 Å². The van der Waals surface area contributed by atoms with Gasteiger partial charge in [-0.25, -0.2) is 9.37 Å². The van der Waals surface area contributed by atoms with Crippen molar-refractivity contribution in [1.29, 1.82) is 0 Å². The van der Waals surface area contributed by atoms with E-state index in [2.05, 4.69) is 20.4 Å². The number of aromatic nitrogens is 2. The van der Waals surface area contributed by atoms with Gasteiger partial charge >= 0.3 is 0 Å². The van der Waals surface area contributed by atoms with Crippen LogP contribution in [0.1, 0.15) is 11.3 Å². The van der Waals surface area contributed by atoms with E-state index >= 15 is 0 Å². The number of ether oxygens (including phenoxy) is 1. The number of hydrazone groups is 1. The number of rotatable bonds is 7. The van der Waals surface area contributed by atoms with Crippen LogP contribution in [0.3, 0.4) is 0 Å². The maximum absolute atomic E-state index is 13.2. The van der Waals surface area contributed by atoms with E-state index in [9.17, 15) is 9.18 Å². The molecule has 0 atom stereocenters. The third-order valence-electron chi connectivity index (χ3n) is 4.26. The zero-order chi connectivity index (χ0) is 22.4. The summed E-state index contributed by atoms with van der Waals surface area (Å²) in [4.78, 5) is 20.4. The van der Waals surface area contributed by atoms with Crippen molar-refractivity contribution < 1.29 is 13.9 Å². The van der Waals surface area contributed by atoms with Crippen LogP contribution in [0.25, 0.3) is 5.69 Å². The summed E-state index contributed by atoms with van der Waals surface area (Å²) >= 11 is 5.71. The predicted molar refractivity (Wildman–Crippen MR) is 119 cm³/mol. The fourth-order valence-corrected chi connectivity index (χ4v) is 2.96. The lowest BCUT2D eigenvalue weighted by Crippen LogP contribution is -2.16. The maximum atomic E-state index is 13.2. The minimum Gasteiger partial charge on any atom is -0.495 e. The maximum Gasteiger partial charge on any atom is 0.246 e. The van der Waals surface area contributed by atoms with Crippen molar-refractivity contribution in [3.8, 4) is 11.4 Å². The molecular formula is C21H20ClFN6O2. The molecule has 1 amide bonds. The molecule has 0 aliphatic carbocycles. The SMILES string of the molecule is COc1cc(/C(C=NCC(=O)Nc2ccc(F)c(Cl)c2)=N/N)ccc1-n1cnc(C)c1. The number of hydrogen-bond donors (Lipinski definition) is 2. The number of nitrogens with zero attached hydrogens (tertiary/aromatic N) is 4. The highest BCUT2D eigenvalue weighted by Crippen LogP contribution is 2.25. The lowest BCUT2D eigenvalue weighted by atomic mass is 10.1. The van der Waals surface area contributed by atoms with Crippen molar-refractivity contribution in [3.63, 3.8) is 0 Å². The van der Waals surface area contributed by atoms with Crippen LogP contribution in [0.15, 0.2) is 59.0 Å². The zero-order valence-electron chi connectivity index (χ0n) is 16.8. The van der Waals surface area contributed by atoms with Gasteiger partial charge in [-0.2, -0.15) is 5.10 Å². The molecule has 10 heteroatoms. The first-order chi connectivity index (χ1) is 14.9. The van der Waals surface area contributed by atoms with Crippen LogP contribution < -0.4 is 15.9 Å². The van der Waals surface area contributed by atoms with Crippen molar-refractivity contribution in [2.45, 2.75) is 6.92 Å². The van der Waals surface area contributed by atoms with Crippen LogP contribution in [-0.4, -0.2) is 41.0 Å².